The van der Waals surface area contributed by atoms with Gasteiger partial charge in [0.15, 0.2) is 0 Å². The third kappa shape index (κ3) is 3.29. The van der Waals surface area contributed by atoms with Gasteiger partial charge in [-0.2, -0.15) is 0 Å². The molecule has 0 aromatic heterocycles. The van der Waals surface area contributed by atoms with Gasteiger partial charge < -0.3 is 5.11 Å². The van der Waals surface area contributed by atoms with Gasteiger partial charge in [-0.1, -0.05) is 38.0 Å². The van der Waals surface area contributed by atoms with E-state index in [4.69, 9.17) is 0 Å². The SMILES string of the molecule is C=C(O)C(CC1CCC1)N1CCC(c2cccc(F)c2)C1. The van der Waals surface area contributed by atoms with Crippen molar-refractivity contribution in [3.63, 3.8) is 0 Å². The molecule has 2 atom stereocenters. The lowest BCUT2D eigenvalue weighted by Crippen LogP contribution is -2.37. The quantitative estimate of drug-likeness (QED) is 0.819. The predicted molar refractivity (Wildman–Crippen MR) is 82.8 cm³/mol. The zero-order chi connectivity index (χ0) is 14.8. The minimum atomic E-state index is -0.163. The second-order valence-electron chi connectivity index (χ2n) is 6.58. The number of benzene rings is 1. The van der Waals surface area contributed by atoms with E-state index in [0.29, 0.717) is 11.7 Å². The fraction of sp³-hybridized carbons (Fsp3) is 0.556. The van der Waals surface area contributed by atoms with Crippen molar-refractivity contribution in [2.75, 3.05) is 13.1 Å². The molecular formula is C18H24FNO. The predicted octanol–water partition coefficient (Wildman–Crippen LogP) is 4.25. The highest BCUT2D eigenvalue weighted by atomic mass is 19.1. The van der Waals surface area contributed by atoms with Crippen LogP contribution in [0.15, 0.2) is 36.6 Å². The second-order valence-corrected chi connectivity index (χ2v) is 6.58. The first-order chi connectivity index (χ1) is 10.1. The Hall–Kier alpha value is -1.35. The number of hydrogen-bond acceptors (Lipinski definition) is 2. The summed E-state index contributed by atoms with van der Waals surface area (Å²) in [6.07, 6.45) is 5.93. The molecule has 2 nitrogen and oxygen atoms in total. The van der Waals surface area contributed by atoms with Crippen LogP contribution in [-0.4, -0.2) is 29.1 Å². The Balaban J connectivity index is 1.65. The Morgan fingerprint density at radius 2 is 2.19 bits per heavy atom. The molecule has 1 saturated carbocycles. The first kappa shape index (κ1) is 14.6. The molecule has 2 fully saturated rings. The average Bonchev–Trinajstić information content (AvgIpc) is 2.86. The molecule has 3 rings (SSSR count). The Bertz CT molecular complexity index is 512. The van der Waals surface area contributed by atoms with E-state index in [1.165, 1.54) is 25.3 Å². The van der Waals surface area contributed by atoms with E-state index in [9.17, 15) is 9.50 Å². The summed E-state index contributed by atoms with van der Waals surface area (Å²) >= 11 is 0. The van der Waals surface area contributed by atoms with Crippen LogP contribution < -0.4 is 0 Å². The fourth-order valence-corrected chi connectivity index (χ4v) is 3.64. The third-order valence-electron chi connectivity index (χ3n) is 5.15. The summed E-state index contributed by atoms with van der Waals surface area (Å²) < 4.78 is 13.4. The van der Waals surface area contributed by atoms with Crippen LogP contribution in [0.1, 0.15) is 43.6 Å². The minimum absolute atomic E-state index is 0.0776. The molecule has 1 heterocycles. The van der Waals surface area contributed by atoms with Crippen molar-refractivity contribution in [1.82, 2.24) is 4.90 Å². The molecule has 21 heavy (non-hydrogen) atoms. The van der Waals surface area contributed by atoms with E-state index < -0.39 is 0 Å². The summed E-state index contributed by atoms with van der Waals surface area (Å²) in [5.74, 6) is 1.24. The van der Waals surface area contributed by atoms with E-state index in [1.807, 2.05) is 6.07 Å². The zero-order valence-electron chi connectivity index (χ0n) is 12.5. The van der Waals surface area contributed by atoms with Gasteiger partial charge in [0.25, 0.3) is 0 Å². The van der Waals surface area contributed by atoms with Crippen LogP contribution in [0, 0.1) is 11.7 Å². The summed E-state index contributed by atoms with van der Waals surface area (Å²) in [5.41, 5.74) is 1.07. The number of aliphatic hydroxyl groups is 1. The Kier molecular flexibility index (Phi) is 4.29. The van der Waals surface area contributed by atoms with Gasteiger partial charge >= 0.3 is 0 Å². The Morgan fingerprint density at radius 1 is 1.38 bits per heavy atom. The van der Waals surface area contributed by atoms with Crippen molar-refractivity contribution < 1.29 is 9.50 Å². The van der Waals surface area contributed by atoms with Crippen LogP contribution in [0.4, 0.5) is 4.39 Å². The van der Waals surface area contributed by atoms with Gasteiger partial charge in [-0.15, -0.1) is 0 Å². The highest BCUT2D eigenvalue weighted by molar-refractivity contribution is 5.22. The molecule has 1 aliphatic carbocycles. The maximum Gasteiger partial charge on any atom is 0.123 e. The standard InChI is InChI=1S/C18H24FNO/c1-13(21)18(10-14-4-2-5-14)20-9-8-16(12-20)15-6-3-7-17(19)11-15/h3,6-7,11,14,16,18,21H,1-2,4-5,8-10,12H2. The molecule has 1 aliphatic heterocycles. The maximum absolute atomic E-state index is 13.4. The van der Waals surface area contributed by atoms with Gasteiger partial charge in [0.2, 0.25) is 0 Å². The van der Waals surface area contributed by atoms with Gasteiger partial charge in [0.05, 0.1) is 6.04 Å². The molecule has 0 radical (unpaired) electrons. The van der Waals surface area contributed by atoms with Gasteiger partial charge in [-0.25, -0.2) is 4.39 Å². The van der Waals surface area contributed by atoms with Crippen LogP contribution in [0.5, 0.6) is 0 Å². The third-order valence-corrected chi connectivity index (χ3v) is 5.15. The van der Waals surface area contributed by atoms with Crippen molar-refractivity contribution in [3.05, 3.63) is 48.0 Å². The molecule has 0 bridgehead atoms. The number of rotatable bonds is 5. The molecule has 2 unspecified atom stereocenters. The van der Waals surface area contributed by atoms with E-state index >= 15 is 0 Å². The monoisotopic (exact) mass is 289 g/mol. The summed E-state index contributed by atoms with van der Waals surface area (Å²) in [7, 11) is 0. The van der Waals surface area contributed by atoms with Crippen molar-refractivity contribution >= 4 is 0 Å². The van der Waals surface area contributed by atoms with E-state index in [-0.39, 0.29) is 11.9 Å². The Morgan fingerprint density at radius 3 is 2.81 bits per heavy atom. The van der Waals surface area contributed by atoms with E-state index in [2.05, 4.69) is 11.5 Å². The molecule has 2 aliphatic rings. The summed E-state index contributed by atoms with van der Waals surface area (Å²) in [5, 5.41) is 9.95. The number of halogens is 1. The van der Waals surface area contributed by atoms with Crippen LogP contribution >= 0.6 is 0 Å². The highest BCUT2D eigenvalue weighted by Crippen LogP contribution is 2.36. The van der Waals surface area contributed by atoms with Crippen LogP contribution in [0.25, 0.3) is 0 Å². The molecule has 1 aromatic carbocycles. The molecule has 0 spiro atoms. The Labute approximate surface area is 126 Å². The summed E-state index contributed by atoms with van der Waals surface area (Å²) in [4.78, 5) is 2.33. The number of aliphatic hydroxyl groups excluding tert-OH is 1. The van der Waals surface area contributed by atoms with E-state index in [0.717, 1.165) is 37.4 Å². The lowest BCUT2D eigenvalue weighted by Gasteiger charge is -2.34. The largest absolute Gasteiger partial charge is 0.511 e. The van der Waals surface area contributed by atoms with Crippen LogP contribution in [-0.2, 0) is 0 Å². The van der Waals surface area contributed by atoms with Gasteiger partial charge in [0.1, 0.15) is 11.6 Å². The number of likely N-dealkylation sites (tertiary alicyclic amines) is 1. The van der Waals surface area contributed by atoms with Crippen molar-refractivity contribution in [1.29, 1.82) is 0 Å². The molecule has 114 valence electrons. The average molecular weight is 289 g/mol. The first-order valence-electron chi connectivity index (χ1n) is 8.01. The number of nitrogens with zero attached hydrogens (tertiary/aromatic N) is 1. The van der Waals surface area contributed by atoms with Gasteiger partial charge in [-0.05, 0) is 48.9 Å². The minimum Gasteiger partial charge on any atom is -0.511 e. The van der Waals surface area contributed by atoms with Crippen LogP contribution in [0.2, 0.25) is 0 Å². The summed E-state index contributed by atoms with van der Waals surface area (Å²) in [6, 6.07) is 7.00. The lowest BCUT2D eigenvalue weighted by atomic mass is 9.80. The van der Waals surface area contributed by atoms with E-state index in [1.54, 1.807) is 12.1 Å². The zero-order valence-corrected chi connectivity index (χ0v) is 12.5. The van der Waals surface area contributed by atoms with Crippen molar-refractivity contribution in [2.45, 2.75) is 44.1 Å². The molecule has 1 aromatic rings. The normalized spacial score (nSPS) is 24.7. The maximum atomic E-state index is 13.4. The van der Waals surface area contributed by atoms with Crippen LogP contribution in [0.3, 0.4) is 0 Å². The van der Waals surface area contributed by atoms with Gasteiger partial charge in [0, 0.05) is 6.54 Å². The fourth-order valence-electron chi connectivity index (χ4n) is 3.64. The second kappa shape index (κ2) is 6.18. The molecule has 1 saturated heterocycles. The molecule has 3 heteroatoms. The molecule has 0 amide bonds. The molecule has 1 N–H and O–H groups in total. The molecular weight excluding hydrogens is 265 g/mol. The lowest BCUT2D eigenvalue weighted by molar-refractivity contribution is 0.153. The number of hydrogen-bond donors (Lipinski definition) is 1. The van der Waals surface area contributed by atoms with Crippen molar-refractivity contribution in [3.8, 4) is 0 Å². The first-order valence-corrected chi connectivity index (χ1v) is 8.01. The topological polar surface area (TPSA) is 23.5 Å². The van der Waals surface area contributed by atoms with Crippen molar-refractivity contribution in [2.24, 2.45) is 5.92 Å². The van der Waals surface area contributed by atoms with Gasteiger partial charge in [-0.3, -0.25) is 4.90 Å². The summed E-state index contributed by atoms with van der Waals surface area (Å²) in [6.45, 7) is 5.62. The highest BCUT2D eigenvalue weighted by Gasteiger charge is 2.33. The smallest absolute Gasteiger partial charge is 0.123 e.